The highest BCUT2D eigenvalue weighted by atomic mass is 16.3. The van der Waals surface area contributed by atoms with Crippen molar-refractivity contribution in [1.82, 2.24) is 10.3 Å². The molecule has 0 saturated heterocycles. The number of fused-ring (bicyclic) bond motifs is 1. The van der Waals surface area contributed by atoms with Gasteiger partial charge in [0.2, 0.25) is 0 Å². The molecule has 4 nitrogen and oxygen atoms in total. The number of H-pyrrole nitrogens is 1. The van der Waals surface area contributed by atoms with E-state index in [4.69, 9.17) is 0 Å². The zero-order chi connectivity index (χ0) is 15.4. The van der Waals surface area contributed by atoms with Crippen molar-refractivity contribution >= 4 is 10.9 Å². The fourth-order valence-corrected chi connectivity index (χ4v) is 2.90. The molecule has 0 bridgehead atoms. The van der Waals surface area contributed by atoms with Gasteiger partial charge in [-0.1, -0.05) is 24.3 Å². The van der Waals surface area contributed by atoms with E-state index in [1.165, 1.54) is 10.9 Å². The topological polar surface area (TPSA) is 68.3 Å². The summed E-state index contributed by atoms with van der Waals surface area (Å²) in [6.45, 7) is 0.646. The minimum atomic E-state index is -0.0326. The fraction of sp³-hybridized carbons (Fsp3) is 0.333. The number of aliphatic hydroxyl groups excluding tert-OH is 2. The van der Waals surface area contributed by atoms with Gasteiger partial charge in [-0.15, -0.1) is 0 Å². The first kappa shape index (κ1) is 14.9. The number of para-hydroxylation sites is 1. The van der Waals surface area contributed by atoms with Crippen LogP contribution in [0.4, 0.5) is 0 Å². The third-order valence-corrected chi connectivity index (χ3v) is 4.17. The van der Waals surface area contributed by atoms with Crippen LogP contribution < -0.4 is 5.32 Å². The normalized spacial score (nSPS) is 16.4. The summed E-state index contributed by atoms with van der Waals surface area (Å²) in [5.74, 6) is 0.363. The largest absolute Gasteiger partial charge is 0.508 e. The SMILES string of the molecule is OC[C@H](Cc1c[nH]c2ccccc12)NCC1=CCCC=C1O. The quantitative estimate of drug-likeness (QED) is 0.663. The maximum Gasteiger partial charge on any atom is 0.115 e. The molecule has 1 aliphatic rings. The number of nitrogens with one attached hydrogen (secondary N) is 2. The van der Waals surface area contributed by atoms with E-state index in [1.54, 1.807) is 0 Å². The summed E-state index contributed by atoms with van der Waals surface area (Å²) in [5.41, 5.74) is 3.23. The Morgan fingerprint density at radius 1 is 1.18 bits per heavy atom. The first-order valence-electron chi connectivity index (χ1n) is 7.75. The Hall–Kier alpha value is -2.04. The van der Waals surface area contributed by atoms with E-state index >= 15 is 0 Å². The molecule has 0 radical (unpaired) electrons. The van der Waals surface area contributed by atoms with Gasteiger partial charge < -0.3 is 20.5 Å². The maximum atomic E-state index is 9.84. The summed E-state index contributed by atoms with van der Waals surface area (Å²) in [6, 6.07) is 8.14. The molecule has 0 unspecified atom stereocenters. The Morgan fingerprint density at radius 2 is 2.00 bits per heavy atom. The molecule has 0 fully saturated rings. The first-order valence-corrected chi connectivity index (χ1v) is 7.75. The van der Waals surface area contributed by atoms with E-state index in [0.29, 0.717) is 12.3 Å². The van der Waals surface area contributed by atoms with Gasteiger partial charge in [-0.25, -0.2) is 0 Å². The molecule has 3 rings (SSSR count). The van der Waals surface area contributed by atoms with Crippen molar-refractivity contribution in [3.63, 3.8) is 0 Å². The highest BCUT2D eigenvalue weighted by molar-refractivity contribution is 5.83. The minimum absolute atomic E-state index is 0.0326. The van der Waals surface area contributed by atoms with Crippen LogP contribution in [-0.4, -0.2) is 34.4 Å². The van der Waals surface area contributed by atoms with E-state index in [1.807, 2.05) is 24.4 Å². The molecule has 2 aromatic rings. The number of hydrogen-bond donors (Lipinski definition) is 4. The lowest BCUT2D eigenvalue weighted by Crippen LogP contribution is -2.36. The van der Waals surface area contributed by atoms with E-state index in [0.717, 1.165) is 30.4 Å². The molecule has 0 spiro atoms. The van der Waals surface area contributed by atoms with Crippen LogP contribution in [0.1, 0.15) is 18.4 Å². The molecule has 1 atom stereocenters. The number of benzene rings is 1. The standard InChI is InChI=1S/C18H22N2O2/c21-12-15(19-10-13-5-1-4-8-18(13)22)9-14-11-20-17-7-3-2-6-16(14)17/h2-3,5-8,11,15,19-22H,1,4,9-10,12H2/t15-/m0/s1. The van der Waals surface area contributed by atoms with Crippen molar-refractivity contribution in [2.75, 3.05) is 13.2 Å². The van der Waals surface area contributed by atoms with Gasteiger partial charge in [0, 0.05) is 35.3 Å². The summed E-state index contributed by atoms with van der Waals surface area (Å²) in [5, 5.41) is 24.0. The molecule has 116 valence electrons. The maximum absolute atomic E-state index is 9.84. The average Bonchev–Trinajstić information content (AvgIpc) is 2.96. The fourth-order valence-electron chi connectivity index (χ4n) is 2.90. The molecule has 1 aromatic carbocycles. The monoisotopic (exact) mass is 298 g/mol. The van der Waals surface area contributed by atoms with Crippen LogP contribution >= 0.6 is 0 Å². The van der Waals surface area contributed by atoms with Crippen molar-refractivity contribution in [1.29, 1.82) is 0 Å². The van der Waals surface area contributed by atoms with Gasteiger partial charge in [0.15, 0.2) is 0 Å². The van der Waals surface area contributed by atoms with E-state index < -0.39 is 0 Å². The van der Waals surface area contributed by atoms with Crippen LogP contribution in [-0.2, 0) is 6.42 Å². The van der Waals surface area contributed by atoms with Crippen LogP contribution in [0.3, 0.4) is 0 Å². The summed E-state index contributed by atoms with van der Waals surface area (Å²) in [4.78, 5) is 3.26. The minimum Gasteiger partial charge on any atom is -0.508 e. The highest BCUT2D eigenvalue weighted by Gasteiger charge is 2.14. The summed E-state index contributed by atoms with van der Waals surface area (Å²) >= 11 is 0. The number of hydrogen-bond acceptors (Lipinski definition) is 3. The third-order valence-electron chi connectivity index (χ3n) is 4.17. The number of aliphatic hydroxyl groups is 2. The number of allylic oxidation sites excluding steroid dienone is 2. The van der Waals surface area contributed by atoms with Crippen LogP contribution in [0.15, 0.2) is 53.9 Å². The molecular weight excluding hydrogens is 276 g/mol. The van der Waals surface area contributed by atoms with Crippen molar-refractivity contribution in [3.05, 3.63) is 59.5 Å². The third kappa shape index (κ3) is 3.24. The zero-order valence-electron chi connectivity index (χ0n) is 12.5. The molecule has 0 aliphatic heterocycles. The number of aromatic amines is 1. The molecular formula is C18H22N2O2. The molecule has 1 aromatic heterocycles. The van der Waals surface area contributed by atoms with Gasteiger partial charge in [0.05, 0.1) is 6.61 Å². The predicted octanol–water partition coefficient (Wildman–Crippen LogP) is 2.82. The second-order valence-corrected chi connectivity index (χ2v) is 5.72. The molecule has 0 amide bonds. The Balaban J connectivity index is 1.65. The second kappa shape index (κ2) is 6.81. The van der Waals surface area contributed by atoms with E-state index in [9.17, 15) is 10.2 Å². The van der Waals surface area contributed by atoms with Crippen molar-refractivity contribution in [3.8, 4) is 0 Å². The van der Waals surface area contributed by atoms with Crippen molar-refractivity contribution in [2.24, 2.45) is 0 Å². The molecule has 4 heteroatoms. The van der Waals surface area contributed by atoms with Gasteiger partial charge in [-0.2, -0.15) is 0 Å². The predicted molar refractivity (Wildman–Crippen MR) is 88.9 cm³/mol. The van der Waals surface area contributed by atoms with Crippen LogP contribution in [0.5, 0.6) is 0 Å². The van der Waals surface area contributed by atoms with E-state index in [-0.39, 0.29) is 12.6 Å². The highest BCUT2D eigenvalue weighted by Crippen LogP contribution is 2.20. The Morgan fingerprint density at radius 3 is 2.82 bits per heavy atom. The molecule has 4 N–H and O–H groups in total. The van der Waals surface area contributed by atoms with Gasteiger partial charge >= 0.3 is 0 Å². The lowest BCUT2D eigenvalue weighted by atomic mass is 10.0. The smallest absolute Gasteiger partial charge is 0.115 e. The van der Waals surface area contributed by atoms with Gasteiger partial charge in [0.1, 0.15) is 5.76 Å². The lowest BCUT2D eigenvalue weighted by molar-refractivity contribution is 0.244. The van der Waals surface area contributed by atoms with Crippen LogP contribution in [0, 0.1) is 0 Å². The molecule has 0 saturated carbocycles. The van der Waals surface area contributed by atoms with Crippen LogP contribution in [0.25, 0.3) is 10.9 Å². The lowest BCUT2D eigenvalue weighted by Gasteiger charge is -2.18. The molecule has 22 heavy (non-hydrogen) atoms. The van der Waals surface area contributed by atoms with Gasteiger partial charge in [-0.3, -0.25) is 0 Å². The molecule has 1 heterocycles. The molecule has 1 aliphatic carbocycles. The Labute approximate surface area is 130 Å². The Bertz CT molecular complexity index is 700. The van der Waals surface area contributed by atoms with Gasteiger partial charge in [-0.05, 0) is 37.0 Å². The summed E-state index contributed by atoms with van der Waals surface area (Å²) in [7, 11) is 0. The van der Waals surface area contributed by atoms with Gasteiger partial charge in [0.25, 0.3) is 0 Å². The van der Waals surface area contributed by atoms with Crippen molar-refractivity contribution in [2.45, 2.75) is 25.3 Å². The average molecular weight is 298 g/mol. The summed E-state index contributed by atoms with van der Waals surface area (Å²) in [6.07, 6.45) is 8.53. The summed E-state index contributed by atoms with van der Waals surface area (Å²) < 4.78 is 0. The number of aromatic nitrogens is 1. The van der Waals surface area contributed by atoms with Crippen LogP contribution in [0.2, 0.25) is 0 Å². The number of rotatable bonds is 6. The first-order chi connectivity index (χ1) is 10.8. The zero-order valence-corrected chi connectivity index (χ0v) is 12.5. The Kier molecular flexibility index (Phi) is 4.61. The van der Waals surface area contributed by atoms with E-state index in [2.05, 4.69) is 28.5 Å². The van der Waals surface area contributed by atoms with Crippen molar-refractivity contribution < 1.29 is 10.2 Å². The second-order valence-electron chi connectivity index (χ2n) is 5.72.